The second kappa shape index (κ2) is 7.62. The molecule has 1 N–H and O–H groups in total. The molecule has 0 amide bonds. The van der Waals surface area contributed by atoms with Crippen molar-refractivity contribution < 1.29 is 4.39 Å². The molecule has 0 radical (unpaired) electrons. The highest BCUT2D eigenvalue weighted by Crippen LogP contribution is 2.15. The number of halogens is 1. The maximum Gasteiger partial charge on any atom is 0.332 e. The van der Waals surface area contributed by atoms with E-state index < -0.39 is 17.1 Å². The molecule has 0 aliphatic heterocycles. The van der Waals surface area contributed by atoms with Crippen molar-refractivity contribution >= 4 is 17.1 Å². The van der Waals surface area contributed by atoms with E-state index in [1.165, 1.54) is 16.2 Å². The van der Waals surface area contributed by atoms with Crippen LogP contribution in [0.2, 0.25) is 0 Å². The van der Waals surface area contributed by atoms with Gasteiger partial charge in [0.15, 0.2) is 11.2 Å². The molecule has 2 aromatic heterocycles. The number of hydrogen-bond acceptors (Lipinski definition) is 4. The molecule has 0 aliphatic carbocycles. The molecule has 0 saturated carbocycles. The van der Waals surface area contributed by atoms with Crippen LogP contribution in [0.25, 0.3) is 11.2 Å². The number of aryl methyl sites for hydroxylation is 3. The van der Waals surface area contributed by atoms with Gasteiger partial charge in [-0.25, -0.2) is 9.18 Å². The average molecular weight is 407 g/mol. The molecule has 0 atom stereocenters. The molecule has 2 heterocycles. The normalized spacial score (nSPS) is 11.2. The fraction of sp³-hybridized carbons (Fsp3) is 0.227. The van der Waals surface area contributed by atoms with Crippen molar-refractivity contribution in [1.82, 2.24) is 18.7 Å². The van der Waals surface area contributed by atoms with E-state index in [1.54, 1.807) is 36.9 Å². The predicted molar refractivity (Wildman–Crippen MR) is 114 cm³/mol. The first-order valence-electron chi connectivity index (χ1n) is 9.56. The van der Waals surface area contributed by atoms with E-state index in [-0.39, 0.29) is 23.3 Å². The van der Waals surface area contributed by atoms with Crippen LogP contribution in [0, 0.1) is 12.7 Å². The lowest BCUT2D eigenvalue weighted by Gasteiger charge is -2.09. The highest BCUT2D eigenvalue weighted by Gasteiger charge is 2.19. The van der Waals surface area contributed by atoms with Crippen LogP contribution in [-0.4, -0.2) is 18.7 Å². The summed E-state index contributed by atoms with van der Waals surface area (Å²) >= 11 is 0. The van der Waals surface area contributed by atoms with Crippen LogP contribution in [0.15, 0.2) is 58.1 Å². The van der Waals surface area contributed by atoms with Gasteiger partial charge in [-0.2, -0.15) is 4.98 Å². The summed E-state index contributed by atoms with van der Waals surface area (Å²) in [6.45, 7) is 2.40. The van der Waals surface area contributed by atoms with Crippen molar-refractivity contribution in [3.63, 3.8) is 0 Å². The lowest BCUT2D eigenvalue weighted by molar-refractivity contribution is 0.582. The SMILES string of the molecule is Cc1ccc(CNc2nc3c(c(=O)n(Cc4ccccc4F)c(=O)n3C)n2C)cc1. The maximum absolute atomic E-state index is 14.1. The highest BCUT2D eigenvalue weighted by molar-refractivity contribution is 5.74. The fourth-order valence-corrected chi connectivity index (χ4v) is 3.43. The van der Waals surface area contributed by atoms with Crippen LogP contribution >= 0.6 is 0 Å². The maximum atomic E-state index is 14.1. The minimum Gasteiger partial charge on any atom is -0.352 e. The number of aromatic nitrogens is 4. The van der Waals surface area contributed by atoms with Crippen molar-refractivity contribution in [3.8, 4) is 0 Å². The van der Waals surface area contributed by atoms with Crippen LogP contribution in [0.4, 0.5) is 10.3 Å². The Morgan fingerprint density at radius 3 is 2.40 bits per heavy atom. The lowest BCUT2D eigenvalue weighted by Crippen LogP contribution is -2.40. The second-order valence-corrected chi connectivity index (χ2v) is 7.33. The van der Waals surface area contributed by atoms with Crippen LogP contribution in [0.1, 0.15) is 16.7 Å². The highest BCUT2D eigenvalue weighted by atomic mass is 19.1. The van der Waals surface area contributed by atoms with Crippen molar-refractivity contribution in [1.29, 1.82) is 0 Å². The van der Waals surface area contributed by atoms with Crippen molar-refractivity contribution in [2.24, 2.45) is 14.1 Å². The molecule has 0 fully saturated rings. The Hall–Kier alpha value is -3.68. The number of fused-ring (bicyclic) bond motifs is 1. The first-order valence-corrected chi connectivity index (χ1v) is 9.56. The van der Waals surface area contributed by atoms with Crippen LogP contribution in [0.3, 0.4) is 0 Å². The molecule has 0 saturated heterocycles. The molecular weight excluding hydrogens is 385 g/mol. The van der Waals surface area contributed by atoms with Gasteiger partial charge >= 0.3 is 5.69 Å². The molecule has 7 nitrogen and oxygen atoms in total. The van der Waals surface area contributed by atoms with Crippen LogP contribution in [-0.2, 0) is 27.2 Å². The molecule has 4 aromatic rings. The van der Waals surface area contributed by atoms with E-state index in [4.69, 9.17) is 0 Å². The Morgan fingerprint density at radius 1 is 1.00 bits per heavy atom. The van der Waals surface area contributed by atoms with Crippen molar-refractivity contribution in [2.45, 2.75) is 20.0 Å². The zero-order valence-electron chi connectivity index (χ0n) is 17.0. The summed E-state index contributed by atoms with van der Waals surface area (Å²) in [5.41, 5.74) is 2.03. The first-order chi connectivity index (χ1) is 14.4. The summed E-state index contributed by atoms with van der Waals surface area (Å²) in [4.78, 5) is 30.3. The number of imidazole rings is 1. The number of rotatable bonds is 5. The molecule has 154 valence electrons. The Bertz CT molecular complexity index is 1350. The van der Waals surface area contributed by atoms with E-state index in [9.17, 15) is 14.0 Å². The van der Waals surface area contributed by atoms with E-state index in [0.29, 0.717) is 12.5 Å². The topological polar surface area (TPSA) is 73.8 Å². The summed E-state index contributed by atoms with van der Waals surface area (Å²) in [5.74, 6) is 0.0123. The molecular formula is C22H22FN5O2. The molecule has 0 spiro atoms. The number of nitrogens with zero attached hydrogens (tertiary/aromatic N) is 4. The van der Waals surface area contributed by atoms with E-state index in [2.05, 4.69) is 10.3 Å². The third-order valence-corrected chi connectivity index (χ3v) is 5.22. The van der Waals surface area contributed by atoms with Crippen LogP contribution in [0.5, 0.6) is 0 Å². The zero-order valence-corrected chi connectivity index (χ0v) is 17.0. The quantitative estimate of drug-likeness (QED) is 0.552. The van der Waals surface area contributed by atoms with Gasteiger partial charge in [-0.05, 0) is 18.6 Å². The Kier molecular flexibility index (Phi) is 4.99. The van der Waals surface area contributed by atoms with Gasteiger partial charge < -0.3 is 9.88 Å². The third kappa shape index (κ3) is 3.41. The van der Waals surface area contributed by atoms with Gasteiger partial charge in [0.2, 0.25) is 5.95 Å². The van der Waals surface area contributed by atoms with Gasteiger partial charge in [-0.1, -0.05) is 48.0 Å². The molecule has 8 heteroatoms. The summed E-state index contributed by atoms with van der Waals surface area (Å²) in [6, 6.07) is 14.2. The standard InChI is InChI=1S/C22H22FN5O2/c1-14-8-10-15(11-9-14)12-24-21-25-19-18(26(21)2)20(29)28(22(30)27(19)3)13-16-6-4-5-7-17(16)23/h4-11H,12-13H2,1-3H3,(H,24,25). The molecule has 30 heavy (non-hydrogen) atoms. The van der Waals surface area contributed by atoms with Gasteiger partial charge in [-0.15, -0.1) is 0 Å². The van der Waals surface area contributed by atoms with Gasteiger partial charge in [0.05, 0.1) is 6.54 Å². The molecule has 0 bridgehead atoms. The lowest BCUT2D eigenvalue weighted by atomic mass is 10.1. The first kappa shape index (κ1) is 19.6. The fourth-order valence-electron chi connectivity index (χ4n) is 3.43. The average Bonchev–Trinajstić information content (AvgIpc) is 3.07. The number of anilines is 1. The molecule has 4 rings (SSSR count). The minimum absolute atomic E-state index is 0.147. The molecule has 0 unspecified atom stereocenters. The summed E-state index contributed by atoms with van der Waals surface area (Å²) in [5, 5.41) is 3.22. The van der Waals surface area contributed by atoms with E-state index >= 15 is 0 Å². The summed E-state index contributed by atoms with van der Waals surface area (Å²) in [7, 11) is 3.27. The summed E-state index contributed by atoms with van der Waals surface area (Å²) in [6.07, 6.45) is 0. The van der Waals surface area contributed by atoms with Gasteiger partial charge in [0.1, 0.15) is 5.82 Å². The monoisotopic (exact) mass is 407 g/mol. The summed E-state index contributed by atoms with van der Waals surface area (Å²) < 4.78 is 18.0. The van der Waals surface area contributed by atoms with E-state index in [1.807, 2.05) is 31.2 Å². The largest absolute Gasteiger partial charge is 0.352 e. The third-order valence-electron chi connectivity index (χ3n) is 5.22. The van der Waals surface area contributed by atoms with Gasteiger partial charge in [-0.3, -0.25) is 13.9 Å². The Morgan fingerprint density at radius 2 is 1.70 bits per heavy atom. The smallest absolute Gasteiger partial charge is 0.332 e. The van der Waals surface area contributed by atoms with Crippen molar-refractivity contribution in [2.75, 3.05) is 5.32 Å². The zero-order chi connectivity index (χ0) is 21.4. The number of benzene rings is 2. The predicted octanol–water partition coefficient (Wildman–Crippen LogP) is 2.54. The second-order valence-electron chi connectivity index (χ2n) is 7.33. The number of hydrogen-bond donors (Lipinski definition) is 1. The Labute approximate surface area is 172 Å². The van der Waals surface area contributed by atoms with E-state index in [0.717, 1.165) is 10.1 Å². The number of nitrogens with one attached hydrogen (secondary N) is 1. The van der Waals surface area contributed by atoms with Gasteiger partial charge in [0, 0.05) is 26.2 Å². The molecule has 2 aromatic carbocycles. The Balaban J connectivity index is 1.75. The van der Waals surface area contributed by atoms with Crippen LogP contribution < -0.4 is 16.6 Å². The molecule has 0 aliphatic rings. The van der Waals surface area contributed by atoms with Gasteiger partial charge in [0.25, 0.3) is 5.56 Å². The van der Waals surface area contributed by atoms with Crippen molar-refractivity contribution in [3.05, 3.63) is 91.9 Å². The minimum atomic E-state index is -0.543.